The summed E-state index contributed by atoms with van der Waals surface area (Å²) in [5, 5.41) is 11.8. The van der Waals surface area contributed by atoms with Gasteiger partial charge in [0, 0.05) is 13.7 Å². The topological polar surface area (TPSA) is 80.6 Å². The molecule has 0 radical (unpaired) electrons. The monoisotopic (exact) mass is 332 g/mol. The fourth-order valence-corrected chi connectivity index (χ4v) is 1.83. The smallest absolute Gasteiger partial charge is 0.262 e. The number of ether oxygens (including phenoxy) is 3. The molecule has 1 N–H and O–H groups in total. The van der Waals surface area contributed by atoms with Gasteiger partial charge in [0.05, 0.1) is 20.3 Å². The lowest BCUT2D eigenvalue weighted by molar-refractivity contribution is -0.117. The standard InChI is InChI=1S/C18H24N2O4/c1-13(2)12-24-16-6-5-14(10-17(16)23-4)9-15(11-19)18(21)20-7-8-22-3/h5-6,9-10,13H,7-8,12H2,1-4H3,(H,20,21). The van der Waals surface area contributed by atoms with Crippen LogP contribution in [0, 0.1) is 17.2 Å². The van der Waals surface area contributed by atoms with Crippen molar-refractivity contribution < 1.29 is 19.0 Å². The first-order valence-electron chi connectivity index (χ1n) is 7.71. The highest BCUT2D eigenvalue weighted by Gasteiger charge is 2.10. The Kier molecular flexibility index (Phi) is 8.37. The van der Waals surface area contributed by atoms with Crippen LogP contribution in [-0.4, -0.2) is 39.9 Å². The molecule has 0 spiro atoms. The molecular formula is C18H24N2O4. The maximum absolute atomic E-state index is 11.9. The Morgan fingerprint density at radius 3 is 2.67 bits per heavy atom. The SMILES string of the molecule is COCCNC(=O)C(C#N)=Cc1ccc(OCC(C)C)c(OC)c1. The van der Waals surface area contributed by atoms with Crippen molar-refractivity contribution in [3.8, 4) is 17.6 Å². The first kappa shape index (κ1) is 19.5. The van der Waals surface area contributed by atoms with Crippen LogP contribution in [0.15, 0.2) is 23.8 Å². The Balaban J connectivity index is 2.91. The first-order chi connectivity index (χ1) is 11.5. The number of carbonyl (C=O) groups is 1. The summed E-state index contributed by atoms with van der Waals surface area (Å²) in [6, 6.07) is 7.18. The van der Waals surface area contributed by atoms with E-state index in [0.717, 1.165) is 0 Å². The van der Waals surface area contributed by atoms with E-state index in [9.17, 15) is 10.1 Å². The van der Waals surface area contributed by atoms with E-state index in [1.165, 1.54) is 6.08 Å². The van der Waals surface area contributed by atoms with Crippen LogP contribution in [0.4, 0.5) is 0 Å². The van der Waals surface area contributed by atoms with Crippen molar-refractivity contribution >= 4 is 12.0 Å². The van der Waals surface area contributed by atoms with Crippen LogP contribution in [0.1, 0.15) is 19.4 Å². The number of amides is 1. The number of benzene rings is 1. The zero-order valence-electron chi connectivity index (χ0n) is 14.6. The molecule has 0 aromatic heterocycles. The molecule has 0 heterocycles. The van der Waals surface area contributed by atoms with E-state index in [1.807, 2.05) is 6.07 Å². The normalized spacial score (nSPS) is 11.1. The fourth-order valence-electron chi connectivity index (χ4n) is 1.83. The lowest BCUT2D eigenvalue weighted by Crippen LogP contribution is -2.27. The van der Waals surface area contributed by atoms with Crippen molar-refractivity contribution in [3.05, 3.63) is 29.3 Å². The Labute approximate surface area is 143 Å². The third-order valence-electron chi connectivity index (χ3n) is 3.03. The van der Waals surface area contributed by atoms with E-state index in [4.69, 9.17) is 14.2 Å². The number of hydrogen-bond acceptors (Lipinski definition) is 5. The summed E-state index contributed by atoms with van der Waals surface area (Å²) in [5.41, 5.74) is 0.700. The molecule has 24 heavy (non-hydrogen) atoms. The van der Waals surface area contributed by atoms with Gasteiger partial charge in [-0.1, -0.05) is 19.9 Å². The summed E-state index contributed by atoms with van der Waals surface area (Å²) in [4.78, 5) is 11.9. The number of nitriles is 1. The van der Waals surface area contributed by atoms with E-state index >= 15 is 0 Å². The average molecular weight is 332 g/mol. The van der Waals surface area contributed by atoms with Gasteiger partial charge in [0.2, 0.25) is 0 Å². The van der Waals surface area contributed by atoms with Gasteiger partial charge in [0.1, 0.15) is 11.6 Å². The third kappa shape index (κ3) is 6.31. The number of nitrogens with one attached hydrogen (secondary N) is 1. The second kappa shape index (κ2) is 10.3. The number of nitrogens with zero attached hydrogens (tertiary/aromatic N) is 1. The summed E-state index contributed by atoms with van der Waals surface area (Å²) < 4.78 is 15.9. The summed E-state index contributed by atoms with van der Waals surface area (Å²) in [6.45, 7) is 5.44. The van der Waals surface area contributed by atoms with Gasteiger partial charge in [0.25, 0.3) is 5.91 Å². The summed E-state index contributed by atoms with van der Waals surface area (Å²) in [7, 11) is 3.09. The lowest BCUT2D eigenvalue weighted by atomic mass is 10.1. The van der Waals surface area contributed by atoms with Gasteiger partial charge in [0.15, 0.2) is 11.5 Å². The highest BCUT2D eigenvalue weighted by atomic mass is 16.5. The molecule has 1 aromatic rings. The van der Waals surface area contributed by atoms with Gasteiger partial charge >= 0.3 is 0 Å². The van der Waals surface area contributed by atoms with E-state index in [1.54, 1.807) is 32.4 Å². The molecule has 1 rings (SSSR count). The Morgan fingerprint density at radius 1 is 1.33 bits per heavy atom. The van der Waals surface area contributed by atoms with Gasteiger partial charge < -0.3 is 19.5 Å². The predicted molar refractivity (Wildman–Crippen MR) is 91.8 cm³/mol. The number of rotatable bonds is 9. The maximum Gasteiger partial charge on any atom is 0.262 e. The summed E-state index contributed by atoms with van der Waals surface area (Å²) in [6.07, 6.45) is 1.51. The van der Waals surface area contributed by atoms with Crippen LogP contribution in [0.3, 0.4) is 0 Å². The van der Waals surface area contributed by atoms with Crippen molar-refractivity contribution in [1.82, 2.24) is 5.32 Å². The van der Waals surface area contributed by atoms with Crippen LogP contribution in [-0.2, 0) is 9.53 Å². The molecule has 0 saturated heterocycles. The van der Waals surface area contributed by atoms with Gasteiger partial charge in [-0.2, -0.15) is 5.26 Å². The molecule has 0 aliphatic rings. The Morgan fingerprint density at radius 2 is 2.08 bits per heavy atom. The zero-order valence-corrected chi connectivity index (χ0v) is 14.6. The minimum atomic E-state index is -0.436. The third-order valence-corrected chi connectivity index (χ3v) is 3.03. The lowest BCUT2D eigenvalue weighted by Gasteiger charge is -2.13. The molecule has 0 aliphatic carbocycles. The molecule has 0 atom stereocenters. The Bertz CT molecular complexity index is 618. The molecule has 0 saturated carbocycles. The van der Waals surface area contributed by atoms with E-state index in [2.05, 4.69) is 19.2 Å². The molecule has 6 heteroatoms. The minimum absolute atomic E-state index is 0.0176. The molecular weight excluding hydrogens is 308 g/mol. The maximum atomic E-state index is 11.9. The average Bonchev–Trinajstić information content (AvgIpc) is 2.58. The van der Waals surface area contributed by atoms with E-state index < -0.39 is 5.91 Å². The predicted octanol–water partition coefficient (Wildman–Crippen LogP) is 2.40. The van der Waals surface area contributed by atoms with Crippen molar-refractivity contribution in [1.29, 1.82) is 5.26 Å². The molecule has 0 bridgehead atoms. The van der Waals surface area contributed by atoms with Crippen molar-refractivity contribution in [2.45, 2.75) is 13.8 Å². The van der Waals surface area contributed by atoms with Gasteiger partial charge in [-0.3, -0.25) is 4.79 Å². The Hall–Kier alpha value is -2.52. The van der Waals surface area contributed by atoms with Crippen LogP contribution in [0.5, 0.6) is 11.5 Å². The molecule has 6 nitrogen and oxygen atoms in total. The van der Waals surface area contributed by atoms with Crippen molar-refractivity contribution in [2.24, 2.45) is 5.92 Å². The molecule has 0 aliphatic heterocycles. The molecule has 130 valence electrons. The van der Waals surface area contributed by atoms with E-state index in [-0.39, 0.29) is 5.57 Å². The van der Waals surface area contributed by atoms with E-state index in [0.29, 0.717) is 42.7 Å². The number of hydrogen-bond donors (Lipinski definition) is 1. The van der Waals surface area contributed by atoms with Gasteiger partial charge in [-0.15, -0.1) is 0 Å². The summed E-state index contributed by atoms with van der Waals surface area (Å²) >= 11 is 0. The largest absolute Gasteiger partial charge is 0.493 e. The summed E-state index contributed by atoms with van der Waals surface area (Å²) in [5.74, 6) is 1.15. The van der Waals surface area contributed by atoms with Crippen LogP contribution >= 0.6 is 0 Å². The van der Waals surface area contributed by atoms with Crippen LogP contribution in [0.2, 0.25) is 0 Å². The van der Waals surface area contributed by atoms with Crippen molar-refractivity contribution in [2.75, 3.05) is 34.0 Å². The number of methoxy groups -OCH3 is 2. The second-order valence-corrected chi connectivity index (χ2v) is 5.53. The second-order valence-electron chi connectivity index (χ2n) is 5.53. The number of carbonyl (C=O) groups excluding carboxylic acids is 1. The van der Waals surface area contributed by atoms with Gasteiger partial charge in [-0.25, -0.2) is 0 Å². The van der Waals surface area contributed by atoms with Crippen molar-refractivity contribution in [3.63, 3.8) is 0 Å². The molecule has 0 unspecified atom stereocenters. The highest BCUT2D eigenvalue weighted by Crippen LogP contribution is 2.29. The first-order valence-corrected chi connectivity index (χ1v) is 7.71. The molecule has 1 amide bonds. The van der Waals surface area contributed by atoms with Crippen LogP contribution in [0.25, 0.3) is 6.08 Å². The minimum Gasteiger partial charge on any atom is -0.493 e. The molecule has 1 aromatic carbocycles. The van der Waals surface area contributed by atoms with Crippen LogP contribution < -0.4 is 14.8 Å². The fraction of sp³-hybridized carbons (Fsp3) is 0.444. The quantitative estimate of drug-likeness (QED) is 0.427. The molecule has 0 fully saturated rings. The highest BCUT2D eigenvalue weighted by molar-refractivity contribution is 6.01. The van der Waals surface area contributed by atoms with Gasteiger partial charge in [-0.05, 0) is 29.7 Å². The zero-order chi connectivity index (χ0) is 17.9.